The molecular weight excluding hydrogens is 409 g/mol. The summed E-state index contributed by atoms with van der Waals surface area (Å²) in [7, 11) is 0. The van der Waals surface area contributed by atoms with Gasteiger partial charge in [-0.25, -0.2) is 0 Å². The highest BCUT2D eigenvalue weighted by molar-refractivity contribution is 8.00. The molecule has 0 rings (SSSR count). The van der Waals surface area contributed by atoms with Crippen LogP contribution in [0, 0.1) is 5.92 Å². The zero-order valence-corrected chi connectivity index (χ0v) is 15.8. The third-order valence-electron chi connectivity index (χ3n) is 3.06. The van der Waals surface area contributed by atoms with E-state index in [9.17, 15) is 40.3 Å². The quantitative estimate of drug-likeness (QED) is 0.361. The second-order valence-electron chi connectivity index (χ2n) is 5.90. The molecule has 162 valence electrons. The minimum atomic E-state index is -6.33. The predicted molar refractivity (Wildman–Crippen MR) is 86.4 cm³/mol. The lowest BCUT2D eigenvalue weighted by Gasteiger charge is -2.28. The number of thioether (sulfide) groups is 1. The van der Waals surface area contributed by atoms with E-state index in [1.807, 2.05) is 6.92 Å². The summed E-state index contributed by atoms with van der Waals surface area (Å²) in [6.07, 6.45) is -7.63. The van der Waals surface area contributed by atoms with E-state index in [0.717, 1.165) is 18.2 Å². The smallest absolute Gasteiger partial charge is 0.459 e. The molecule has 0 aromatic heterocycles. The zero-order valence-electron chi connectivity index (χ0n) is 15.0. The van der Waals surface area contributed by atoms with Gasteiger partial charge in [0.05, 0.1) is 0 Å². The first-order valence-corrected chi connectivity index (χ1v) is 8.94. The molecule has 4 nitrogen and oxygen atoms in total. The third kappa shape index (κ3) is 10.1. The van der Waals surface area contributed by atoms with Crippen molar-refractivity contribution in [2.24, 2.45) is 5.92 Å². The Morgan fingerprint density at radius 2 is 1.48 bits per heavy atom. The molecule has 27 heavy (non-hydrogen) atoms. The second kappa shape index (κ2) is 11.6. The van der Waals surface area contributed by atoms with Crippen molar-refractivity contribution in [1.82, 2.24) is 0 Å². The van der Waals surface area contributed by atoms with Crippen LogP contribution in [-0.2, 0) is 9.59 Å². The van der Waals surface area contributed by atoms with E-state index in [4.69, 9.17) is 10.2 Å². The largest absolute Gasteiger partial charge is 0.481 e. The molecule has 0 saturated carbocycles. The van der Waals surface area contributed by atoms with Gasteiger partial charge in [0.1, 0.15) is 5.25 Å². The Morgan fingerprint density at radius 1 is 1.00 bits per heavy atom. The summed E-state index contributed by atoms with van der Waals surface area (Å²) in [5.74, 6) is -13.8. The SMILES string of the molecule is CC(C)C(SCCCC(F)(F)C(F)(F)C(F)(F)F)C(=O)O.CCCC(=O)O. The van der Waals surface area contributed by atoms with Gasteiger partial charge in [-0.1, -0.05) is 20.8 Å². The molecule has 0 amide bonds. The summed E-state index contributed by atoms with van der Waals surface area (Å²) < 4.78 is 86.6. The highest BCUT2D eigenvalue weighted by Gasteiger charge is 2.72. The van der Waals surface area contributed by atoms with Gasteiger partial charge in [0.2, 0.25) is 0 Å². The molecule has 0 heterocycles. The van der Waals surface area contributed by atoms with Gasteiger partial charge in [-0.2, -0.15) is 30.7 Å². The standard InChI is InChI=1S/C11H15F7O2S.C4H8O2/c1-6(2)7(8(19)20)21-5-3-4-9(12,13)10(14,15)11(16,17)18;1-2-3-4(5)6/h6-7H,3-5H2,1-2H3,(H,19,20);2-3H2,1H3,(H,5,6). The van der Waals surface area contributed by atoms with Crippen molar-refractivity contribution in [2.75, 3.05) is 5.75 Å². The molecule has 0 aromatic rings. The van der Waals surface area contributed by atoms with Crippen molar-refractivity contribution in [1.29, 1.82) is 0 Å². The Hall–Kier alpha value is -1.20. The molecule has 2 N–H and O–H groups in total. The van der Waals surface area contributed by atoms with Crippen LogP contribution >= 0.6 is 11.8 Å². The number of carboxylic acids is 2. The van der Waals surface area contributed by atoms with E-state index in [1.165, 1.54) is 0 Å². The molecule has 1 atom stereocenters. The van der Waals surface area contributed by atoms with Gasteiger partial charge in [-0.15, -0.1) is 11.8 Å². The van der Waals surface area contributed by atoms with Crippen LogP contribution < -0.4 is 0 Å². The molecule has 0 aromatic carbocycles. The molecule has 0 aliphatic carbocycles. The molecular formula is C15H23F7O4S. The number of halogens is 7. The molecule has 0 bridgehead atoms. The summed E-state index contributed by atoms with van der Waals surface area (Å²) in [6.45, 7) is 4.98. The first kappa shape index (κ1) is 28.0. The van der Waals surface area contributed by atoms with Gasteiger partial charge >= 0.3 is 30.0 Å². The van der Waals surface area contributed by atoms with Crippen molar-refractivity contribution in [3.8, 4) is 0 Å². The molecule has 0 aliphatic rings. The summed E-state index contributed by atoms with van der Waals surface area (Å²) in [5, 5.41) is 15.8. The Balaban J connectivity index is 0. The van der Waals surface area contributed by atoms with Crippen LogP contribution in [0.5, 0.6) is 0 Å². The van der Waals surface area contributed by atoms with Gasteiger partial charge in [0.15, 0.2) is 0 Å². The lowest BCUT2D eigenvalue weighted by molar-refractivity contribution is -0.355. The topological polar surface area (TPSA) is 74.6 Å². The van der Waals surface area contributed by atoms with Gasteiger partial charge in [0.25, 0.3) is 0 Å². The van der Waals surface area contributed by atoms with Crippen LogP contribution in [0.1, 0.15) is 46.5 Å². The Morgan fingerprint density at radius 3 is 1.74 bits per heavy atom. The molecule has 0 fully saturated rings. The van der Waals surface area contributed by atoms with Crippen LogP contribution in [0.25, 0.3) is 0 Å². The number of aliphatic carboxylic acids is 2. The number of rotatable bonds is 10. The van der Waals surface area contributed by atoms with Crippen molar-refractivity contribution in [3.63, 3.8) is 0 Å². The third-order valence-corrected chi connectivity index (χ3v) is 4.69. The first-order chi connectivity index (χ1) is 12.0. The molecule has 12 heteroatoms. The highest BCUT2D eigenvalue weighted by Crippen LogP contribution is 2.48. The lowest BCUT2D eigenvalue weighted by Crippen LogP contribution is -2.51. The maximum Gasteiger partial charge on any atom is 0.459 e. The molecule has 1 unspecified atom stereocenters. The zero-order chi connectivity index (χ0) is 22.1. The first-order valence-electron chi connectivity index (χ1n) is 7.89. The van der Waals surface area contributed by atoms with Crippen molar-refractivity contribution >= 4 is 23.7 Å². The predicted octanol–water partition coefficient (Wildman–Crippen LogP) is 5.31. The van der Waals surface area contributed by atoms with Crippen LogP contribution in [0.2, 0.25) is 0 Å². The van der Waals surface area contributed by atoms with Gasteiger partial charge in [-0.05, 0) is 24.5 Å². The van der Waals surface area contributed by atoms with Crippen LogP contribution in [-0.4, -0.2) is 51.2 Å². The normalized spacial score (nSPS) is 13.7. The number of hydrogen-bond donors (Lipinski definition) is 2. The molecule has 0 aliphatic heterocycles. The number of carboxylic acid groups (broad SMARTS) is 2. The molecule has 0 saturated heterocycles. The maximum absolute atomic E-state index is 12.9. The van der Waals surface area contributed by atoms with Crippen molar-refractivity contribution in [3.05, 3.63) is 0 Å². The van der Waals surface area contributed by atoms with Gasteiger partial charge in [-0.3, -0.25) is 9.59 Å². The number of carbonyl (C=O) groups is 2. The van der Waals surface area contributed by atoms with E-state index >= 15 is 0 Å². The van der Waals surface area contributed by atoms with Gasteiger partial charge in [0, 0.05) is 12.8 Å². The highest BCUT2D eigenvalue weighted by atomic mass is 32.2. The second-order valence-corrected chi connectivity index (χ2v) is 7.15. The molecule has 0 radical (unpaired) electrons. The Kier molecular flexibility index (Phi) is 12.0. The summed E-state index contributed by atoms with van der Waals surface area (Å²) in [5.41, 5.74) is 0. The number of alkyl halides is 7. The summed E-state index contributed by atoms with van der Waals surface area (Å²) in [4.78, 5) is 20.4. The fourth-order valence-corrected chi connectivity index (χ4v) is 2.72. The minimum absolute atomic E-state index is 0.251. The Labute approximate surface area is 156 Å². The average molecular weight is 432 g/mol. The van der Waals surface area contributed by atoms with E-state index in [0.29, 0.717) is 6.42 Å². The number of hydrogen-bond acceptors (Lipinski definition) is 3. The molecule has 0 spiro atoms. The van der Waals surface area contributed by atoms with Crippen LogP contribution in [0.4, 0.5) is 30.7 Å². The maximum atomic E-state index is 12.9. The lowest BCUT2D eigenvalue weighted by atomic mass is 10.1. The fourth-order valence-electron chi connectivity index (χ4n) is 1.63. The van der Waals surface area contributed by atoms with E-state index in [-0.39, 0.29) is 11.7 Å². The Bertz CT molecular complexity index is 468. The minimum Gasteiger partial charge on any atom is -0.481 e. The van der Waals surface area contributed by atoms with E-state index in [1.54, 1.807) is 13.8 Å². The average Bonchev–Trinajstić information content (AvgIpc) is 2.45. The van der Waals surface area contributed by atoms with E-state index in [2.05, 4.69) is 0 Å². The van der Waals surface area contributed by atoms with Crippen molar-refractivity contribution < 1.29 is 50.5 Å². The van der Waals surface area contributed by atoms with Crippen LogP contribution in [0.15, 0.2) is 0 Å². The summed E-state index contributed by atoms with van der Waals surface area (Å²) in [6, 6.07) is 0. The van der Waals surface area contributed by atoms with E-state index < -0.39 is 48.1 Å². The summed E-state index contributed by atoms with van der Waals surface area (Å²) >= 11 is 0.738. The fraction of sp³-hybridized carbons (Fsp3) is 0.867. The van der Waals surface area contributed by atoms with Crippen molar-refractivity contribution in [2.45, 2.75) is 69.7 Å². The monoisotopic (exact) mass is 432 g/mol. The van der Waals surface area contributed by atoms with Gasteiger partial charge < -0.3 is 10.2 Å². The van der Waals surface area contributed by atoms with Crippen LogP contribution in [0.3, 0.4) is 0 Å².